The van der Waals surface area contributed by atoms with Gasteiger partial charge in [-0.3, -0.25) is 14.9 Å². The maximum Gasteiger partial charge on any atom is 0.282 e. The summed E-state index contributed by atoms with van der Waals surface area (Å²) in [6.07, 6.45) is 7.49. The second kappa shape index (κ2) is 8.28. The van der Waals surface area contributed by atoms with E-state index >= 15 is 0 Å². The third-order valence-corrected chi connectivity index (χ3v) is 5.49. The number of pyridine rings is 2. The normalized spacial score (nSPS) is 18.3. The van der Waals surface area contributed by atoms with Crippen molar-refractivity contribution in [3.05, 3.63) is 63.3 Å². The van der Waals surface area contributed by atoms with Crippen LogP contribution in [0.25, 0.3) is 28.4 Å². The molecule has 4 heterocycles. The smallest absolute Gasteiger partial charge is 0.282 e. The highest BCUT2D eigenvalue weighted by Crippen LogP contribution is 2.08. The standard InChI is InChI=1S/C23H28N6O/c1-15(2)21-19(9-8-17(4)28-12-11-24-16(3)14-28)26-13-18-22(21)27-29(23(18)30)20-7-5-6-10-25-20/h5-10,13,16,24,27H,11-12,14H2,1-4H3/b17-8+,19-9+. The second-order valence-electron chi connectivity index (χ2n) is 8.02. The van der Waals surface area contributed by atoms with E-state index in [4.69, 9.17) is 0 Å². The quantitative estimate of drug-likeness (QED) is 0.688. The van der Waals surface area contributed by atoms with Gasteiger partial charge in [0.1, 0.15) is 0 Å². The van der Waals surface area contributed by atoms with Crippen LogP contribution in [-0.4, -0.2) is 50.3 Å². The molecule has 7 nitrogen and oxygen atoms in total. The summed E-state index contributed by atoms with van der Waals surface area (Å²) in [7, 11) is 0. The molecule has 0 spiro atoms. The minimum atomic E-state index is -0.147. The second-order valence-corrected chi connectivity index (χ2v) is 8.02. The molecule has 2 N–H and O–H groups in total. The molecule has 0 saturated carbocycles. The van der Waals surface area contributed by atoms with E-state index in [1.54, 1.807) is 18.5 Å². The van der Waals surface area contributed by atoms with E-state index < -0.39 is 0 Å². The lowest BCUT2D eigenvalue weighted by molar-refractivity contribution is 0.256. The first-order chi connectivity index (χ1) is 14.5. The van der Waals surface area contributed by atoms with Crippen LogP contribution in [0.1, 0.15) is 27.7 Å². The summed E-state index contributed by atoms with van der Waals surface area (Å²) in [5.74, 6) is 0.563. The molecule has 4 rings (SSSR count). The third kappa shape index (κ3) is 3.80. The SMILES string of the molecule is CC(C)=c1/c(=C\C=C(/C)N2CCNC(C)C2)ncc2c(=O)n(-c3ccccn3)[nH]c12. The Hall–Kier alpha value is -3.19. The number of hydrogen-bond acceptors (Lipinski definition) is 5. The van der Waals surface area contributed by atoms with Crippen LogP contribution in [0.3, 0.4) is 0 Å². The first-order valence-corrected chi connectivity index (χ1v) is 10.3. The van der Waals surface area contributed by atoms with Gasteiger partial charge in [-0.2, -0.15) is 0 Å². The Labute approximate surface area is 175 Å². The minimum Gasteiger partial charge on any atom is -0.372 e. The summed E-state index contributed by atoms with van der Waals surface area (Å²) in [5.41, 5.74) is 2.95. The number of nitrogens with zero attached hydrogens (tertiary/aromatic N) is 4. The fourth-order valence-corrected chi connectivity index (χ4v) is 3.92. The molecule has 1 fully saturated rings. The molecule has 0 bridgehead atoms. The monoisotopic (exact) mass is 404 g/mol. The molecule has 0 aromatic carbocycles. The van der Waals surface area contributed by atoms with Crippen LogP contribution in [0.5, 0.6) is 0 Å². The number of piperazine rings is 1. The molecule has 3 aromatic heterocycles. The molecule has 30 heavy (non-hydrogen) atoms. The number of aromatic nitrogens is 4. The van der Waals surface area contributed by atoms with Crippen LogP contribution in [-0.2, 0) is 0 Å². The number of hydrogen-bond donors (Lipinski definition) is 2. The van der Waals surface area contributed by atoms with Crippen molar-refractivity contribution in [3.63, 3.8) is 0 Å². The summed E-state index contributed by atoms with van der Waals surface area (Å²) in [4.78, 5) is 24.2. The van der Waals surface area contributed by atoms with Crippen molar-refractivity contribution in [3.8, 4) is 5.82 Å². The van der Waals surface area contributed by atoms with E-state index in [1.807, 2.05) is 32.1 Å². The Morgan fingerprint density at radius 3 is 2.77 bits per heavy atom. The highest BCUT2D eigenvalue weighted by molar-refractivity contribution is 5.80. The number of nitrogens with one attached hydrogen (secondary N) is 2. The van der Waals surface area contributed by atoms with E-state index in [1.165, 1.54) is 10.4 Å². The van der Waals surface area contributed by atoms with Gasteiger partial charge in [-0.15, -0.1) is 0 Å². The van der Waals surface area contributed by atoms with Crippen LogP contribution >= 0.6 is 0 Å². The highest BCUT2D eigenvalue weighted by Gasteiger charge is 2.15. The lowest BCUT2D eigenvalue weighted by atomic mass is 10.1. The minimum absolute atomic E-state index is 0.147. The molecule has 156 valence electrons. The molecule has 0 radical (unpaired) electrons. The Morgan fingerprint density at radius 1 is 1.23 bits per heavy atom. The zero-order valence-electron chi connectivity index (χ0n) is 17.9. The van der Waals surface area contributed by atoms with Gasteiger partial charge in [-0.05, 0) is 52.0 Å². The van der Waals surface area contributed by atoms with Gasteiger partial charge in [0.15, 0.2) is 5.82 Å². The maximum absolute atomic E-state index is 12.9. The Morgan fingerprint density at radius 2 is 2.07 bits per heavy atom. The van der Waals surface area contributed by atoms with E-state index in [0.29, 0.717) is 17.2 Å². The van der Waals surface area contributed by atoms with Gasteiger partial charge in [-0.1, -0.05) is 11.6 Å². The van der Waals surface area contributed by atoms with Crippen molar-refractivity contribution < 1.29 is 0 Å². The zero-order valence-corrected chi connectivity index (χ0v) is 17.9. The molecule has 1 saturated heterocycles. The molecule has 0 amide bonds. The van der Waals surface area contributed by atoms with Gasteiger partial charge in [0, 0.05) is 49.0 Å². The van der Waals surface area contributed by atoms with Crippen molar-refractivity contribution in [1.82, 2.24) is 30.0 Å². The Balaban J connectivity index is 1.85. The van der Waals surface area contributed by atoms with Crippen LogP contribution < -0.4 is 21.4 Å². The van der Waals surface area contributed by atoms with E-state index in [2.05, 4.69) is 45.2 Å². The lowest BCUT2D eigenvalue weighted by Gasteiger charge is -2.34. The first-order valence-electron chi connectivity index (χ1n) is 10.3. The topological polar surface area (TPSA) is 78.8 Å². The average Bonchev–Trinajstić information content (AvgIpc) is 3.08. The Bertz CT molecular complexity index is 1260. The maximum atomic E-state index is 12.9. The van der Waals surface area contributed by atoms with Crippen LogP contribution in [0, 0.1) is 0 Å². The van der Waals surface area contributed by atoms with Crippen molar-refractivity contribution in [2.24, 2.45) is 0 Å². The molecule has 1 unspecified atom stereocenters. The van der Waals surface area contributed by atoms with Gasteiger partial charge >= 0.3 is 0 Å². The van der Waals surface area contributed by atoms with Crippen molar-refractivity contribution in [2.75, 3.05) is 19.6 Å². The number of allylic oxidation sites excluding steroid dienone is 2. The van der Waals surface area contributed by atoms with Crippen molar-refractivity contribution >= 4 is 22.6 Å². The van der Waals surface area contributed by atoms with E-state index in [0.717, 1.165) is 41.3 Å². The predicted molar refractivity (Wildman–Crippen MR) is 121 cm³/mol. The molecule has 7 heteroatoms. The molecule has 0 aliphatic carbocycles. The van der Waals surface area contributed by atoms with Crippen molar-refractivity contribution in [1.29, 1.82) is 0 Å². The summed E-state index contributed by atoms with van der Waals surface area (Å²) < 4.78 is 1.48. The summed E-state index contributed by atoms with van der Waals surface area (Å²) in [5, 5.41) is 9.08. The first kappa shape index (κ1) is 20.1. The fraction of sp³-hybridized carbons (Fsp3) is 0.348. The Kier molecular flexibility index (Phi) is 5.55. The van der Waals surface area contributed by atoms with Gasteiger partial charge in [-0.25, -0.2) is 9.67 Å². The number of aromatic amines is 1. The lowest BCUT2D eigenvalue weighted by Crippen LogP contribution is -2.48. The van der Waals surface area contributed by atoms with Crippen molar-refractivity contribution in [2.45, 2.75) is 33.7 Å². The molecular weight excluding hydrogens is 376 g/mol. The van der Waals surface area contributed by atoms with Crippen LogP contribution in [0.15, 0.2) is 47.2 Å². The fourth-order valence-electron chi connectivity index (χ4n) is 3.92. The van der Waals surface area contributed by atoms with E-state index in [-0.39, 0.29) is 5.56 Å². The highest BCUT2D eigenvalue weighted by atomic mass is 16.1. The molecule has 1 atom stereocenters. The predicted octanol–water partition coefficient (Wildman–Crippen LogP) is 1.28. The summed E-state index contributed by atoms with van der Waals surface area (Å²) in [6, 6.07) is 5.98. The molecule has 1 aliphatic rings. The number of rotatable bonds is 3. The van der Waals surface area contributed by atoms with Crippen LogP contribution in [0.2, 0.25) is 0 Å². The molecule has 1 aliphatic heterocycles. The number of fused-ring (bicyclic) bond motifs is 1. The summed E-state index contributed by atoms with van der Waals surface area (Å²) in [6.45, 7) is 11.4. The van der Waals surface area contributed by atoms with E-state index in [9.17, 15) is 4.79 Å². The summed E-state index contributed by atoms with van der Waals surface area (Å²) >= 11 is 0. The van der Waals surface area contributed by atoms with Gasteiger partial charge in [0.05, 0.1) is 16.3 Å². The zero-order chi connectivity index (χ0) is 21.3. The van der Waals surface area contributed by atoms with Gasteiger partial charge < -0.3 is 10.2 Å². The third-order valence-electron chi connectivity index (χ3n) is 5.49. The average molecular weight is 405 g/mol. The molecule has 3 aromatic rings. The molecular formula is C23H28N6O. The van der Waals surface area contributed by atoms with Crippen LogP contribution in [0.4, 0.5) is 0 Å². The van der Waals surface area contributed by atoms with Gasteiger partial charge in [0.25, 0.3) is 5.56 Å². The largest absolute Gasteiger partial charge is 0.372 e. The van der Waals surface area contributed by atoms with Gasteiger partial charge in [0.2, 0.25) is 0 Å². The number of H-pyrrole nitrogens is 1.